The van der Waals surface area contributed by atoms with Crippen molar-refractivity contribution in [2.24, 2.45) is 0 Å². The zero-order valence-corrected chi connectivity index (χ0v) is 34.9. The molecule has 1 spiro atoms. The Morgan fingerprint density at radius 1 is 0.877 bits per heavy atom. The molecule has 3 amide bonds. The SMILES string of the molecule is CC(=O)Nc1ccc2c(c1)[Se]c1cc(NC(=O)C(F)(F)F)ccc1C21OC(=O)c2ccc(C(=O)NCCCCCCOP(OCCC#N)N(C(C)C)C(C)C)cc21. The van der Waals surface area contributed by atoms with E-state index in [1.165, 1.54) is 31.2 Å². The minimum atomic E-state index is -5.10. The molecule has 17 heteroatoms. The zero-order chi connectivity index (χ0) is 41.5. The van der Waals surface area contributed by atoms with Crippen LogP contribution in [-0.4, -0.2) is 81.3 Å². The van der Waals surface area contributed by atoms with Crippen molar-refractivity contribution < 1.29 is 46.1 Å². The van der Waals surface area contributed by atoms with Crippen molar-refractivity contribution in [3.63, 3.8) is 0 Å². The van der Waals surface area contributed by atoms with Gasteiger partial charge in [0.15, 0.2) is 0 Å². The first kappa shape index (κ1) is 43.8. The van der Waals surface area contributed by atoms with Gasteiger partial charge < -0.3 is 9.05 Å². The Bertz CT molecular complexity index is 2030. The molecular formula is C40H45F3N5O7PSe. The van der Waals surface area contributed by atoms with Gasteiger partial charge in [-0.3, -0.25) is 0 Å². The van der Waals surface area contributed by atoms with Crippen molar-refractivity contribution in [1.29, 1.82) is 5.26 Å². The summed E-state index contributed by atoms with van der Waals surface area (Å²) in [6, 6.07) is 16.6. The van der Waals surface area contributed by atoms with Crippen LogP contribution in [0.2, 0.25) is 0 Å². The van der Waals surface area contributed by atoms with E-state index in [1.54, 1.807) is 30.3 Å². The van der Waals surface area contributed by atoms with E-state index in [4.69, 9.17) is 19.0 Å². The third-order valence-corrected chi connectivity index (χ3v) is 13.6. The molecule has 0 aromatic heterocycles. The van der Waals surface area contributed by atoms with Crippen LogP contribution in [0.4, 0.5) is 24.5 Å². The van der Waals surface area contributed by atoms with Crippen LogP contribution in [0.25, 0.3) is 0 Å². The number of benzene rings is 3. The van der Waals surface area contributed by atoms with Gasteiger partial charge in [-0.25, -0.2) is 4.67 Å². The summed E-state index contributed by atoms with van der Waals surface area (Å²) in [5.41, 5.74) is 0.813. The van der Waals surface area contributed by atoms with E-state index in [0.29, 0.717) is 63.9 Å². The summed E-state index contributed by atoms with van der Waals surface area (Å²) in [4.78, 5) is 50.6. The Morgan fingerprint density at radius 2 is 1.49 bits per heavy atom. The van der Waals surface area contributed by atoms with Crippen LogP contribution in [-0.2, 0) is 29.0 Å². The van der Waals surface area contributed by atoms with Gasteiger partial charge in [0.1, 0.15) is 0 Å². The normalized spacial score (nSPS) is 16.1. The molecule has 2 heterocycles. The fraction of sp³-hybridized carbons (Fsp3) is 0.425. The number of nitrogens with zero attached hydrogens (tertiary/aromatic N) is 2. The summed E-state index contributed by atoms with van der Waals surface area (Å²) in [6.45, 7) is 10.9. The number of carbonyl (C=O) groups is 4. The molecule has 2 atom stereocenters. The molecule has 0 bridgehead atoms. The molecule has 0 saturated heterocycles. The monoisotopic (exact) mass is 875 g/mol. The van der Waals surface area contributed by atoms with E-state index in [9.17, 15) is 32.3 Å². The average molecular weight is 875 g/mol. The van der Waals surface area contributed by atoms with Crippen LogP contribution in [0.3, 0.4) is 0 Å². The summed E-state index contributed by atoms with van der Waals surface area (Å²) in [6.07, 6.45) is -1.59. The maximum atomic E-state index is 13.5. The number of alkyl halides is 3. The van der Waals surface area contributed by atoms with Crippen LogP contribution in [0, 0.1) is 11.3 Å². The minimum absolute atomic E-state index is 0.0882. The van der Waals surface area contributed by atoms with Gasteiger partial charge >= 0.3 is 239 Å². The summed E-state index contributed by atoms with van der Waals surface area (Å²) < 4.78 is 61.0. The predicted molar refractivity (Wildman–Crippen MR) is 211 cm³/mol. The maximum absolute atomic E-state index is 13.5. The molecule has 0 aliphatic carbocycles. The van der Waals surface area contributed by atoms with Crippen molar-refractivity contribution in [3.8, 4) is 6.07 Å². The van der Waals surface area contributed by atoms with Crippen LogP contribution in [0.5, 0.6) is 0 Å². The third kappa shape index (κ3) is 10.2. The van der Waals surface area contributed by atoms with Crippen LogP contribution < -0.4 is 24.9 Å². The molecule has 0 radical (unpaired) electrons. The summed E-state index contributed by atoms with van der Waals surface area (Å²) in [5, 5.41) is 16.5. The fourth-order valence-electron chi connectivity index (χ4n) is 6.76. The number of nitriles is 1. The van der Waals surface area contributed by atoms with Gasteiger partial charge in [-0.1, -0.05) is 0 Å². The number of anilines is 2. The molecule has 304 valence electrons. The first-order valence-electron chi connectivity index (χ1n) is 18.6. The van der Waals surface area contributed by atoms with E-state index in [2.05, 4.69) is 49.1 Å². The van der Waals surface area contributed by atoms with Crippen molar-refractivity contribution in [2.75, 3.05) is 30.4 Å². The average Bonchev–Trinajstić information content (AvgIpc) is 3.42. The summed E-state index contributed by atoms with van der Waals surface area (Å²) >= 11 is -0.559. The van der Waals surface area contributed by atoms with E-state index >= 15 is 0 Å². The van der Waals surface area contributed by atoms with Crippen LogP contribution >= 0.6 is 8.53 Å². The molecule has 3 aromatic rings. The first-order chi connectivity index (χ1) is 27.1. The second kappa shape index (κ2) is 18.9. The predicted octanol–water partition coefficient (Wildman–Crippen LogP) is 6.16. The topological polar surface area (TPSA) is 159 Å². The number of amides is 3. The molecule has 57 heavy (non-hydrogen) atoms. The Hall–Kier alpha value is -4.35. The summed E-state index contributed by atoms with van der Waals surface area (Å²) in [5.74, 6) is -3.43. The number of rotatable bonds is 17. The van der Waals surface area contributed by atoms with Crippen molar-refractivity contribution in [1.82, 2.24) is 9.99 Å². The van der Waals surface area contributed by atoms with Gasteiger partial charge in [0.2, 0.25) is 0 Å². The Kier molecular flexibility index (Phi) is 14.5. The van der Waals surface area contributed by atoms with E-state index in [0.717, 1.165) is 19.3 Å². The zero-order valence-electron chi connectivity index (χ0n) is 32.2. The molecule has 12 nitrogen and oxygen atoms in total. The Morgan fingerprint density at radius 3 is 2.09 bits per heavy atom. The Labute approximate surface area is 337 Å². The Balaban J connectivity index is 1.29. The number of hydrogen-bond acceptors (Lipinski definition) is 9. The molecule has 0 fully saturated rings. The van der Waals surface area contributed by atoms with Gasteiger partial charge in [-0.2, -0.15) is 5.26 Å². The standard InChI is InChI=1S/C40H45F3N5O7PSe/c1-24(2)48(25(3)4)56(54-20-10-17-44)53-19-9-7-6-8-18-45-36(50)27-11-14-30-33(21-27)39(55-37(30)51)31-15-12-28(46-26(5)49)22-34(31)57-35-23-29(13-16-32(35)39)47-38(52)40(41,42)43/h11-16,21-25H,6-10,18-20H2,1-5H3,(H,45,50)(H,46,49)(H,47,52). The van der Waals surface area contributed by atoms with Crippen LogP contribution in [0.15, 0.2) is 54.6 Å². The van der Waals surface area contributed by atoms with Gasteiger partial charge in [0, 0.05) is 12.1 Å². The van der Waals surface area contributed by atoms with E-state index in [1.807, 2.05) is 5.32 Å². The van der Waals surface area contributed by atoms with E-state index in [-0.39, 0.29) is 40.7 Å². The number of fused-ring (bicyclic) bond motifs is 6. The first-order valence-corrected chi connectivity index (χ1v) is 21.4. The summed E-state index contributed by atoms with van der Waals surface area (Å²) in [7, 11) is -1.30. The second-order valence-electron chi connectivity index (χ2n) is 14.0. The molecule has 5 rings (SSSR count). The van der Waals surface area contributed by atoms with Gasteiger partial charge in [0.25, 0.3) is 8.53 Å². The third-order valence-electron chi connectivity index (χ3n) is 9.12. The van der Waals surface area contributed by atoms with Crippen molar-refractivity contribution in [3.05, 3.63) is 82.4 Å². The van der Waals surface area contributed by atoms with Crippen molar-refractivity contribution in [2.45, 2.75) is 90.6 Å². The molecule has 3 aromatic carbocycles. The molecular weight excluding hydrogens is 829 g/mol. The van der Waals surface area contributed by atoms with Gasteiger partial charge in [-0.15, -0.1) is 0 Å². The molecule has 2 aliphatic heterocycles. The van der Waals surface area contributed by atoms with Crippen LogP contribution in [0.1, 0.15) is 104 Å². The molecule has 3 N–H and O–H groups in total. The number of hydrogen-bond donors (Lipinski definition) is 3. The molecule has 0 saturated carbocycles. The van der Waals surface area contributed by atoms with Crippen molar-refractivity contribution >= 4 is 67.5 Å². The number of carbonyl (C=O) groups excluding carboxylic acids is 4. The number of halogens is 3. The van der Waals surface area contributed by atoms with E-state index < -0.39 is 47.1 Å². The van der Waals surface area contributed by atoms with Gasteiger partial charge in [0.05, 0.1) is 25.7 Å². The fourth-order valence-corrected chi connectivity index (χ4v) is 11.0. The second-order valence-corrected chi connectivity index (χ2v) is 17.8. The molecule has 2 aliphatic rings. The quantitative estimate of drug-likeness (QED) is 0.0626. The number of esters is 1. The number of nitrogens with one attached hydrogen (secondary N) is 3. The number of ether oxygens (including phenoxy) is 1. The number of unbranched alkanes of at least 4 members (excludes halogenated alkanes) is 3. The molecule has 2 unspecified atom stereocenters. The van der Waals surface area contributed by atoms with Gasteiger partial charge in [-0.05, 0) is 34.1 Å².